The molecule has 0 saturated carbocycles. The van der Waals surface area contributed by atoms with Crippen LogP contribution in [0.3, 0.4) is 0 Å². The number of amides is 1. The molecule has 0 aliphatic rings. The molecule has 0 aliphatic carbocycles. The number of aryl methyl sites for hydroxylation is 1. The fourth-order valence-corrected chi connectivity index (χ4v) is 2.77. The molecule has 2 aromatic rings. The third-order valence-corrected chi connectivity index (χ3v) is 3.83. The lowest BCUT2D eigenvalue weighted by Gasteiger charge is -2.00. The van der Waals surface area contributed by atoms with E-state index in [1.807, 2.05) is 31.2 Å². The van der Waals surface area contributed by atoms with Gasteiger partial charge in [0.15, 0.2) is 0 Å². The van der Waals surface area contributed by atoms with Gasteiger partial charge >= 0.3 is 0 Å². The van der Waals surface area contributed by atoms with Crippen molar-refractivity contribution in [2.45, 2.75) is 13.3 Å². The minimum atomic E-state index is -0.302. The largest absolute Gasteiger partial charge is 0.497 e. The lowest BCUT2D eigenvalue weighted by atomic mass is 10.2. The minimum absolute atomic E-state index is 0.302. The van der Waals surface area contributed by atoms with Crippen LogP contribution in [0.25, 0.3) is 10.6 Å². The van der Waals surface area contributed by atoms with E-state index in [1.165, 1.54) is 11.3 Å². The number of hydrogen-bond donors (Lipinski definition) is 2. The summed E-state index contributed by atoms with van der Waals surface area (Å²) >= 11 is 1.33. The molecule has 0 aliphatic heterocycles. The number of carbonyl (C=O) groups is 1. The van der Waals surface area contributed by atoms with Crippen LogP contribution in [0.15, 0.2) is 24.3 Å². The van der Waals surface area contributed by atoms with Crippen molar-refractivity contribution in [1.29, 1.82) is 0 Å². The van der Waals surface area contributed by atoms with Gasteiger partial charge in [0, 0.05) is 5.56 Å². The first-order valence-corrected chi connectivity index (χ1v) is 6.66. The highest BCUT2D eigenvalue weighted by atomic mass is 32.1. The van der Waals surface area contributed by atoms with Crippen molar-refractivity contribution in [2.75, 3.05) is 7.11 Å². The van der Waals surface area contributed by atoms with Crippen LogP contribution in [-0.4, -0.2) is 18.0 Å². The first-order valence-electron chi connectivity index (χ1n) is 5.84. The van der Waals surface area contributed by atoms with E-state index in [9.17, 15) is 4.79 Å². The molecule has 0 saturated heterocycles. The van der Waals surface area contributed by atoms with Gasteiger partial charge in [-0.25, -0.2) is 10.8 Å². The Labute approximate surface area is 115 Å². The van der Waals surface area contributed by atoms with Crippen LogP contribution in [0, 0.1) is 0 Å². The Morgan fingerprint density at radius 1 is 1.53 bits per heavy atom. The summed E-state index contributed by atoms with van der Waals surface area (Å²) in [6.45, 7) is 1.96. The molecule has 0 unspecified atom stereocenters. The number of carbonyl (C=O) groups excluding carboxylic acids is 1. The predicted molar refractivity (Wildman–Crippen MR) is 75.1 cm³/mol. The first kappa shape index (κ1) is 13.5. The Kier molecular flexibility index (Phi) is 4.13. The average Bonchev–Trinajstić information content (AvgIpc) is 2.90. The summed E-state index contributed by atoms with van der Waals surface area (Å²) in [5.74, 6) is 5.64. The van der Waals surface area contributed by atoms with Crippen molar-refractivity contribution in [1.82, 2.24) is 10.4 Å². The SMILES string of the molecule is CCc1nc(-c2cccc(OC)c2)sc1C(=O)NN. The van der Waals surface area contributed by atoms with E-state index in [2.05, 4.69) is 10.4 Å². The van der Waals surface area contributed by atoms with Crippen LogP contribution in [0.5, 0.6) is 5.75 Å². The van der Waals surface area contributed by atoms with Gasteiger partial charge in [0.25, 0.3) is 5.91 Å². The van der Waals surface area contributed by atoms with Gasteiger partial charge in [-0.1, -0.05) is 19.1 Å². The van der Waals surface area contributed by atoms with Crippen molar-refractivity contribution < 1.29 is 9.53 Å². The number of nitrogens with one attached hydrogen (secondary N) is 1. The standard InChI is InChI=1S/C13H15N3O2S/c1-3-10-11(12(17)16-14)19-13(15-10)8-5-4-6-9(7-8)18-2/h4-7H,3,14H2,1-2H3,(H,16,17). The topological polar surface area (TPSA) is 77.2 Å². The third kappa shape index (κ3) is 2.74. The van der Waals surface area contributed by atoms with Crippen LogP contribution in [-0.2, 0) is 6.42 Å². The molecule has 19 heavy (non-hydrogen) atoms. The smallest absolute Gasteiger partial charge is 0.277 e. The molecule has 0 radical (unpaired) electrons. The summed E-state index contributed by atoms with van der Waals surface area (Å²) in [5, 5.41) is 0.786. The average molecular weight is 277 g/mol. The molecule has 0 fully saturated rings. The van der Waals surface area contributed by atoms with Crippen molar-refractivity contribution in [3.8, 4) is 16.3 Å². The quantitative estimate of drug-likeness (QED) is 0.509. The Morgan fingerprint density at radius 2 is 2.32 bits per heavy atom. The van der Waals surface area contributed by atoms with Gasteiger partial charge in [-0.3, -0.25) is 10.2 Å². The summed E-state index contributed by atoms with van der Waals surface area (Å²) < 4.78 is 5.19. The molecule has 0 bridgehead atoms. The fourth-order valence-electron chi connectivity index (χ4n) is 1.71. The van der Waals surface area contributed by atoms with Crippen LogP contribution in [0.2, 0.25) is 0 Å². The number of methoxy groups -OCH3 is 1. The molecule has 1 aromatic carbocycles. The van der Waals surface area contributed by atoms with Gasteiger partial charge in [-0.15, -0.1) is 11.3 Å². The number of nitrogens with zero attached hydrogens (tertiary/aromatic N) is 1. The van der Waals surface area contributed by atoms with E-state index in [0.29, 0.717) is 11.3 Å². The molecule has 0 atom stereocenters. The second-order valence-electron chi connectivity index (χ2n) is 3.85. The van der Waals surface area contributed by atoms with Crippen LogP contribution in [0.1, 0.15) is 22.3 Å². The lowest BCUT2D eigenvalue weighted by molar-refractivity contribution is 0.0956. The minimum Gasteiger partial charge on any atom is -0.497 e. The normalized spacial score (nSPS) is 10.3. The second-order valence-corrected chi connectivity index (χ2v) is 4.85. The Morgan fingerprint density at radius 3 is 2.95 bits per heavy atom. The molecule has 6 heteroatoms. The number of benzene rings is 1. The van der Waals surface area contributed by atoms with E-state index in [1.54, 1.807) is 7.11 Å². The highest BCUT2D eigenvalue weighted by Crippen LogP contribution is 2.30. The van der Waals surface area contributed by atoms with Gasteiger partial charge in [-0.05, 0) is 18.6 Å². The zero-order valence-corrected chi connectivity index (χ0v) is 11.6. The fraction of sp³-hybridized carbons (Fsp3) is 0.231. The summed E-state index contributed by atoms with van der Waals surface area (Å²) in [6.07, 6.45) is 0.684. The predicted octanol–water partition coefficient (Wildman–Crippen LogP) is 1.98. The molecule has 3 N–H and O–H groups in total. The number of nitrogens with two attached hydrogens (primary N) is 1. The monoisotopic (exact) mass is 277 g/mol. The highest BCUT2D eigenvalue weighted by Gasteiger charge is 2.17. The molecule has 0 spiro atoms. The maximum Gasteiger partial charge on any atom is 0.277 e. The van der Waals surface area contributed by atoms with E-state index < -0.39 is 0 Å². The van der Waals surface area contributed by atoms with Crippen molar-refractivity contribution in [3.63, 3.8) is 0 Å². The van der Waals surface area contributed by atoms with E-state index in [4.69, 9.17) is 10.6 Å². The second kappa shape index (κ2) is 5.81. The van der Waals surface area contributed by atoms with E-state index in [0.717, 1.165) is 22.0 Å². The molecule has 1 aromatic heterocycles. The lowest BCUT2D eigenvalue weighted by Crippen LogP contribution is -2.29. The van der Waals surface area contributed by atoms with Gasteiger partial charge < -0.3 is 4.74 Å². The van der Waals surface area contributed by atoms with E-state index >= 15 is 0 Å². The van der Waals surface area contributed by atoms with Crippen molar-refractivity contribution in [3.05, 3.63) is 34.8 Å². The summed E-state index contributed by atoms with van der Waals surface area (Å²) in [5.41, 5.74) is 3.83. The molecular formula is C13H15N3O2S. The maximum absolute atomic E-state index is 11.7. The molecule has 100 valence electrons. The molecule has 5 nitrogen and oxygen atoms in total. The number of rotatable bonds is 4. The van der Waals surface area contributed by atoms with Crippen LogP contribution < -0.4 is 16.0 Å². The summed E-state index contributed by atoms with van der Waals surface area (Å²) in [4.78, 5) is 16.7. The van der Waals surface area contributed by atoms with Gasteiger partial charge in [0.2, 0.25) is 0 Å². The maximum atomic E-state index is 11.7. The summed E-state index contributed by atoms with van der Waals surface area (Å²) in [7, 11) is 1.62. The van der Waals surface area contributed by atoms with Crippen molar-refractivity contribution in [2.24, 2.45) is 5.84 Å². The number of hydrazine groups is 1. The molecule has 1 amide bonds. The van der Waals surface area contributed by atoms with Gasteiger partial charge in [0.1, 0.15) is 15.6 Å². The molecular weight excluding hydrogens is 262 g/mol. The number of ether oxygens (including phenoxy) is 1. The van der Waals surface area contributed by atoms with Gasteiger partial charge in [0.05, 0.1) is 12.8 Å². The number of nitrogen functional groups attached to an aromatic ring is 1. The number of hydrogen-bond acceptors (Lipinski definition) is 5. The Bertz CT molecular complexity index is 595. The molecule has 1 heterocycles. The number of aromatic nitrogens is 1. The van der Waals surface area contributed by atoms with Gasteiger partial charge in [-0.2, -0.15) is 0 Å². The zero-order valence-electron chi connectivity index (χ0n) is 10.8. The summed E-state index contributed by atoms with van der Waals surface area (Å²) in [6, 6.07) is 7.59. The van der Waals surface area contributed by atoms with E-state index in [-0.39, 0.29) is 5.91 Å². The Balaban J connectivity index is 2.45. The third-order valence-electron chi connectivity index (χ3n) is 2.69. The number of thiazole rings is 1. The molecule has 2 rings (SSSR count). The first-order chi connectivity index (χ1) is 9.19. The van der Waals surface area contributed by atoms with Crippen LogP contribution in [0.4, 0.5) is 0 Å². The zero-order chi connectivity index (χ0) is 13.8. The van der Waals surface area contributed by atoms with Crippen molar-refractivity contribution >= 4 is 17.2 Å². The van der Waals surface area contributed by atoms with Crippen LogP contribution >= 0.6 is 11.3 Å². The Hall–Kier alpha value is -1.92. The highest BCUT2D eigenvalue weighted by molar-refractivity contribution is 7.17.